The summed E-state index contributed by atoms with van der Waals surface area (Å²) in [6, 6.07) is 4.66. The Labute approximate surface area is 116 Å². The molecule has 0 saturated carbocycles. The largest absolute Gasteiger partial charge is 0.490 e. The summed E-state index contributed by atoms with van der Waals surface area (Å²) in [7, 11) is 0. The van der Waals surface area contributed by atoms with E-state index in [1.54, 1.807) is 6.07 Å². The molecule has 0 aliphatic heterocycles. The van der Waals surface area contributed by atoms with Crippen molar-refractivity contribution in [2.75, 3.05) is 6.54 Å². The van der Waals surface area contributed by atoms with E-state index in [1.807, 2.05) is 13.8 Å². The van der Waals surface area contributed by atoms with Crippen LogP contribution in [-0.4, -0.2) is 18.2 Å². The second-order valence-electron chi connectivity index (χ2n) is 6.16. The summed E-state index contributed by atoms with van der Waals surface area (Å²) in [6.07, 6.45) is 2.11. The highest BCUT2D eigenvalue weighted by molar-refractivity contribution is 5.32. The first kappa shape index (κ1) is 16.0. The quantitative estimate of drug-likeness (QED) is 0.784. The van der Waals surface area contributed by atoms with Crippen LogP contribution in [0.3, 0.4) is 0 Å². The first-order valence-electron chi connectivity index (χ1n) is 6.96. The molecule has 1 unspecified atom stereocenters. The van der Waals surface area contributed by atoms with Gasteiger partial charge in [-0.25, -0.2) is 4.39 Å². The van der Waals surface area contributed by atoms with Crippen LogP contribution in [0.25, 0.3) is 0 Å². The van der Waals surface area contributed by atoms with Crippen LogP contribution in [0.5, 0.6) is 5.75 Å². The van der Waals surface area contributed by atoms with E-state index < -0.39 is 0 Å². The molecule has 19 heavy (non-hydrogen) atoms. The molecule has 1 aromatic rings. The number of benzene rings is 1. The summed E-state index contributed by atoms with van der Waals surface area (Å²) in [6.45, 7) is 11.4. The summed E-state index contributed by atoms with van der Waals surface area (Å²) in [5.41, 5.74) is 1.13. The molecule has 1 aromatic carbocycles. The molecule has 0 aliphatic carbocycles. The summed E-state index contributed by atoms with van der Waals surface area (Å²) >= 11 is 0. The number of rotatable bonds is 6. The van der Waals surface area contributed by atoms with Gasteiger partial charge in [0.25, 0.3) is 0 Å². The summed E-state index contributed by atoms with van der Waals surface area (Å²) in [5, 5.41) is 3.45. The molecule has 0 bridgehead atoms. The van der Waals surface area contributed by atoms with Crippen LogP contribution in [0.15, 0.2) is 18.2 Å². The van der Waals surface area contributed by atoms with Crippen molar-refractivity contribution in [3.05, 3.63) is 29.6 Å². The Hall–Kier alpha value is -1.09. The van der Waals surface area contributed by atoms with Crippen molar-refractivity contribution in [3.63, 3.8) is 0 Å². The molecule has 0 fully saturated rings. The maximum absolute atomic E-state index is 13.1. The minimum atomic E-state index is -0.248. The van der Waals surface area contributed by atoms with E-state index in [1.165, 1.54) is 12.1 Å². The molecule has 0 spiro atoms. The number of halogens is 1. The van der Waals surface area contributed by atoms with Crippen LogP contribution < -0.4 is 10.1 Å². The van der Waals surface area contributed by atoms with Gasteiger partial charge in [0.15, 0.2) is 0 Å². The average Bonchev–Trinajstić information content (AvgIpc) is 2.28. The zero-order valence-electron chi connectivity index (χ0n) is 12.7. The lowest BCUT2D eigenvalue weighted by Crippen LogP contribution is -2.36. The standard InChI is InChI=1S/C16H26FNO/c1-12-8-9-14(17)11-15(12)19-13(2)7-6-10-18-16(3,4)5/h8-9,11,13,18H,6-7,10H2,1-5H3. The Balaban J connectivity index is 2.35. The van der Waals surface area contributed by atoms with Gasteiger partial charge in [-0.05, 0) is 65.6 Å². The normalized spacial score (nSPS) is 13.4. The van der Waals surface area contributed by atoms with E-state index in [9.17, 15) is 4.39 Å². The maximum atomic E-state index is 13.1. The molecule has 1 atom stereocenters. The molecule has 0 saturated heterocycles. The van der Waals surface area contributed by atoms with Crippen LogP contribution in [0.4, 0.5) is 4.39 Å². The molecular weight excluding hydrogens is 241 g/mol. The number of ether oxygens (including phenoxy) is 1. The Morgan fingerprint density at radius 2 is 2.00 bits per heavy atom. The molecule has 1 rings (SSSR count). The van der Waals surface area contributed by atoms with Crippen molar-refractivity contribution < 1.29 is 9.13 Å². The highest BCUT2D eigenvalue weighted by Gasteiger charge is 2.10. The fourth-order valence-corrected chi connectivity index (χ4v) is 1.83. The van der Waals surface area contributed by atoms with Gasteiger partial charge in [0.2, 0.25) is 0 Å². The van der Waals surface area contributed by atoms with Crippen LogP contribution in [0, 0.1) is 12.7 Å². The lowest BCUT2D eigenvalue weighted by molar-refractivity contribution is 0.204. The van der Waals surface area contributed by atoms with E-state index in [-0.39, 0.29) is 17.5 Å². The molecule has 0 aromatic heterocycles. The van der Waals surface area contributed by atoms with Gasteiger partial charge in [-0.1, -0.05) is 6.07 Å². The van der Waals surface area contributed by atoms with Gasteiger partial charge in [0, 0.05) is 11.6 Å². The number of aryl methyl sites for hydroxylation is 1. The fraction of sp³-hybridized carbons (Fsp3) is 0.625. The first-order chi connectivity index (χ1) is 8.78. The topological polar surface area (TPSA) is 21.3 Å². The van der Waals surface area contributed by atoms with Crippen molar-refractivity contribution in [3.8, 4) is 5.75 Å². The minimum absolute atomic E-state index is 0.0993. The van der Waals surface area contributed by atoms with E-state index >= 15 is 0 Å². The molecule has 0 radical (unpaired) electrons. The van der Waals surface area contributed by atoms with Crippen molar-refractivity contribution in [2.45, 2.75) is 59.1 Å². The van der Waals surface area contributed by atoms with Gasteiger partial charge in [-0.2, -0.15) is 0 Å². The smallest absolute Gasteiger partial charge is 0.126 e. The third-order valence-corrected chi connectivity index (χ3v) is 2.92. The van der Waals surface area contributed by atoms with E-state index in [4.69, 9.17) is 4.74 Å². The number of nitrogens with one attached hydrogen (secondary N) is 1. The Morgan fingerprint density at radius 3 is 2.63 bits per heavy atom. The van der Waals surface area contributed by atoms with Gasteiger partial charge < -0.3 is 10.1 Å². The van der Waals surface area contributed by atoms with Gasteiger partial charge in [-0.15, -0.1) is 0 Å². The Morgan fingerprint density at radius 1 is 1.32 bits per heavy atom. The summed E-state index contributed by atoms with van der Waals surface area (Å²) in [4.78, 5) is 0. The molecular formula is C16H26FNO. The van der Waals surface area contributed by atoms with Crippen molar-refractivity contribution >= 4 is 0 Å². The van der Waals surface area contributed by atoms with Crippen molar-refractivity contribution in [2.24, 2.45) is 0 Å². The van der Waals surface area contributed by atoms with Gasteiger partial charge in [-0.3, -0.25) is 0 Å². The number of hydrogen-bond acceptors (Lipinski definition) is 2. The zero-order chi connectivity index (χ0) is 14.5. The Kier molecular flexibility index (Phi) is 5.80. The van der Waals surface area contributed by atoms with Crippen molar-refractivity contribution in [1.82, 2.24) is 5.32 Å². The van der Waals surface area contributed by atoms with Gasteiger partial charge in [0.1, 0.15) is 11.6 Å². The van der Waals surface area contributed by atoms with Gasteiger partial charge >= 0.3 is 0 Å². The van der Waals surface area contributed by atoms with Crippen LogP contribution in [-0.2, 0) is 0 Å². The van der Waals surface area contributed by atoms with Crippen LogP contribution in [0.1, 0.15) is 46.1 Å². The van der Waals surface area contributed by atoms with Crippen LogP contribution in [0.2, 0.25) is 0 Å². The fourth-order valence-electron chi connectivity index (χ4n) is 1.83. The third kappa shape index (κ3) is 6.58. The molecule has 1 N–H and O–H groups in total. The molecule has 3 heteroatoms. The molecule has 0 heterocycles. The SMILES string of the molecule is Cc1ccc(F)cc1OC(C)CCCNC(C)(C)C. The molecule has 2 nitrogen and oxygen atoms in total. The summed E-state index contributed by atoms with van der Waals surface area (Å²) in [5.74, 6) is 0.401. The maximum Gasteiger partial charge on any atom is 0.126 e. The highest BCUT2D eigenvalue weighted by atomic mass is 19.1. The molecule has 108 valence electrons. The third-order valence-electron chi connectivity index (χ3n) is 2.92. The summed E-state index contributed by atoms with van der Waals surface area (Å²) < 4.78 is 18.9. The molecule has 0 amide bonds. The first-order valence-corrected chi connectivity index (χ1v) is 6.96. The van der Waals surface area contributed by atoms with Crippen molar-refractivity contribution in [1.29, 1.82) is 0 Å². The zero-order valence-corrected chi connectivity index (χ0v) is 12.7. The Bertz CT molecular complexity index is 398. The second kappa shape index (κ2) is 6.90. The van der Waals surface area contributed by atoms with Crippen LogP contribution >= 0.6 is 0 Å². The highest BCUT2D eigenvalue weighted by Crippen LogP contribution is 2.21. The lowest BCUT2D eigenvalue weighted by atomic mass is 10.1. The lowest BCUT2D eigenvalue weighted by Gasteiger charge is -2.21. The number of hydrogen-bond donors (Lipinski definition) is 1. The minimum Gasteiger partial charge on any atom is -0.490 e. The monoisotopic (exact) mass is 267 g/mol. The van der Waals surface area contributed by atoms with E-state index in [0.29, 0.717) is 5.75 Å². The molecule has 0 aliphatic rings. The average molecular weight is 267 g/mol. The van der Waals surface area contributed by atoms with E-state index in [2.05, 4.69) is 26.1 Å². The van der Waals surface area contributed by atoms with E-state index in [0.717, 1.165) is 24.9 Å². The van der Waals surface area contributed by atoms with Gasteiger partial charge in [0.05, 0.1) is 6.10 Å². The predicted molar refractivity (Wildman–Crippen MR) is 78.2 cm³/mol. The predicted octanol–water partition coefficient (Wildman–Crippen LogP) is 4.07. The second-order valence-corrected chi connectivity index (χ2v) is 6.16.